The number of aromatic nitrogens is 1. The van der Waals surface area contributed by atoms with Gasteiger partial charge in [0.05, 0.1) is 7.11 Å². The van der Waals surface area contributed by atoms with E-state index < -0.39 is 5.91 Å². The summed E-state index contributed by atoms with van der Waals surface area (Å²) in [6.45, 7) is 7.43. The number of benzene rings is 2. The van der Waals surface area contributed by atoms with Crippen molar-refractivity contribution in [3.05, 3.63) is 89.0 Å². The number of ether oxygens (including phenoxy) is 2. The molecule has 1 atom stereocenters. The van der Waals surface area contributed by atoms with E-state index in [0.717, 1.165) is 5.56 Å². The van der Waals surface area contributed by atoms with E-state index in [2.05, 4.69) is 24.0 Å². The van der Waals surface area contributed by atoms with E-state index in [4.69, 9.17) is 15.2 Å². The Balaban J connectivity index is 0.000000282. The van der Waals surface area contributed by atoms with Crippen molar-refractivity contribution in [2.75, 3.05) is 7.11 Å². The number of aryl methyl sites for hydroxylation is 2. The van der Waals surface area contributed by atoms with E-state index in [-0.39, 0.29) is 35.1 Å². The molecule has 3 N–H and O–H groups in total. The summed E-state index contributed by atoms with van der Waals surface area (Å²) in [4.78, 5) is 25.3. The van der Waals surface area contributed by atoms with Crippen molar-refractivity contribution in [3.8, 4) is 11.5 Å². The molecule has 8 heteroatoms. The summed E-state index contributed by atoms with van der Waals surface area (Å²) in [5.41, 5.74) is 7.53. The van der Waals surface area contributed by atoms with Gasteiger partial charge in [0.15, 0.2) is 17.2 Å². The van der Waals surface area contributed by atoms with Crippen LogP contribution in [0.2, 0.25) is 0 Å². The van der Waals surface area contributed by atoms with Gasteiger partial charge in [0.1, 0.15) is 11.9 Å². The third-order valence-electron chi connectivity index (χ3n) is 4.62. The fourth-order valence-electron chi connectivity index (χ4n) is 2.79. The molecule has 1 unspecified atom stereocenters. The average molecular weight is 485 g/mol. The van der Waals surface area contributed by atoms with E-state index in [1.165, 1.54) is 31.0 Å². The van der Waals surface area contributed by atoms with Gasteiger partial charge in [-0.3, -0.25) is 9.59 Å². The van der Waals surface area contributed by atoms with E-state index in [1.807, 2.05) is 31.2 Å². The fourth-order valence-corrected chi connectivity index (χ4v) is 2.79. The van der Waals surface area contributed by atoms with Gasteiger partial charge in [-0.1, -0.05) is 55.0 Å². The number of carbonyl (C=O) groups excluding carboxylic acids is 2. The highest BCUT2D eigenvalue weighted by molar-refractivity contribution is 5.94. The van der Waals surface area contributed by atoms with Crippen molar-refractivity contribution in [3.63, 3.8) is 0 Å². The van der Waals surface area contributed by atoms with E-state index >= 15 is 0 Å². The first kappa shape index (κ1) is 29.1. The van der Waals surface area contributed by atoms with Crippen LogP contribution >= 0.6 is 0 Å². The summed E-state index contributed by atoms with van der Waals surface area (Å²) in [6.07, 6.45) is 1.81. The Morgan fingerprint density at radius 3 is 2.23 bits per heavy atom. The molecule has 0 radical (unpaired) electrons. The Labute approximate surface area is 205 Å². The van der Waals surface area contributed by atoms with Gasteiger partial charge in [-0.25, -0.2) is 9.37 Å². The van der Waals surface area contributed by atoms with Gasteiger partial charge in [0, 0.05) is 25.1 Å². The first-order valence-electron chi connectivity index (χ1n) is 11.1. The van der Waals surface area contributed by atoms with Crippen LogP contribution < -0.4 is 10.5 Å². The van der Waals surface area contributed by atoms with Crippen LogP contribution in [0.25, 0.3) is 0 Å². The van der Waals surface area contributed by atoms with E-state index in [1.54, 1.807) is 19.9 Å². The van der Waals surface area contributed by atoms with Gasteiger partial charge < -0.3 is 20.3 Å². The molecule has 0 fully saturated rings. The molecule has 2 aromatic carbocycles. The normalized spacial score (nSPS) is 10.6. The number of primary amides is 1. The van der Waals surface area contributed by atoms with Gasteiger partial charge in [-0.2, -0.15) is 0 Å². The maximum absolute atomic E-state index is 13.5. The van der Waals surface area contributed by atoms with E-state index in [9.17, 15) is 19.1 Å². The third kappa shape index (κ3) is 10.7. The van der Waals surface area contributed by atoms with Gasteiger partial charge in [0.2, 0.25) is 0 Å². The first-order valence-corrected chi connectivity index (χ1v) is 11.1. The predicted molar refractivity (Wildman–Crippen MR) is 133 cm³/mol. The molecular weight excluding hydrogens is 451 g/mol. The number of pyridine rings is 1. The number of esters is 1. The van der Waals surface area contributed by atoms with Gasteiger partial charge in [-0.05, 0) is 38.0 Å². The number of rotatable bonds is 6. The minimum absolute atomic E-state index is 0.179. The molecule has 3 rings (SSSR count). The molecule has 0 saturated heterocycles. The predicted octanol–water partition coefficient (Wildman–Crippen LogP) is 4.91. The lowest BCUT2D eigenvalue weighted by Gasteiger charge is -2.13. The van der Waals surface area contributed by atoms with Gasteiger partial charge >= 0.3 is 5.97 Å². The lowest BCUT2D eigenvalue weighted by Crippen LogP contribution is -2.17. The second kappa shape index (κ2) is 15.1. The largest absolute Gasteiger partial charge is 0.503 e. The van der Waals surface area contributed by atoms with Crippen LogP contribution in [0.5, 0.6) is 11.5 Å². The van der Waals surface area contributed by atoms with Crippen LogP contribution in [0.1, 0.15) is 47.4 Å². The Kier molecular flexibility index (Phi) is 12.5. The summed E-state index contributed by atoms with van der Waals surface area (Å²) < 4.78 is 23.3. The van der Waals surface area contributed by atoms with Crippen LogP contribution in [0.15, 0.2) is 60.8 Å². The summed E-state index contributed by atoms with van der Waals surface area (Å²) in [7, 11) is 1.37. The van der Waals surface area contributed by atoms with Crippen LogP contribution in [-0.4, -0.2) is 35.2 Å². The Morgan fingerprint density at radius 2 is 1.74 bits per heavy atom. The number of hydrogen-bond acceptors (Lipinski definition) is 6. The van der Waals surface area contributed by atoms with Crippen LogP contribution in [0.3, 0.4) is 0 Å². The number of methoxy groups -OCH3 is 1. The standard InChI is InChI=1S/C13H17FO2.C7H8N2O3.C7H8/c1-4-13(15)16-10(3)8-11-6-5-9(2)7-12(11)14;1-12-4-2-3-9-5(6(4)10)7(8)11;1-7-5-3-2-4-6-7/h5-7,10H,4,8H2,1-3H3;2-3,10H,1H3,(H2,8,11);2-6H,1H3. The smallest absolute Gasteiger partial charge is 0.305 e. The third-order valence-corrected chi connectivity index (χ3v) is 4.62. The SMILES string of the molecule is CCC(=O)OC(C)Cc1ccc(C)cc1F.COc1ccnc(C(N)=O)c1O.Cc1ccccc1. The summed E-state index contributed by atoms with van der Waals surface area (Å²) in [5, 5.41) is 9.27. The number of nitrogens with zero attached hydrogens (tertiary/aromatic N) is 1. The van der Waals surface area contributed by atoms with Gasteiger partial charge in [-0.15, -0.1) is 0 Å². The topological polar surface area (TPSA) is 112 Å². The molecule has 0 aliphatic rings. The highest BCUT2D eigenvalue weighted by atomic mass is 19.1. The zero-order chi connectivity index (χ0) is 26.4. The molecule has 0 aliphatic carbocycles. The fraction of sp³-hybridized carbons (Fsp3) is 0.296. The highest BCUT2D eigenvalue weighted by Crippen LogP contribution is 2.26. The van der Waals surface area contributed by atoms with Crippen molar-refractivity contribution in [2.45, 2.75) is 46.6 Å². The zero-order valence-corrected chi connectivity index (χ0v) is 20.7. The number of nitrogens with two attached hydrogens (primary N) is 1. The highest BCUT2D eigenvalue weighted by Gasteiger charge is 2.13. The van der Waals surface area contributed by atoms with Crippen LogP contribution in [0.4, 0.5) is 4.39 Å². The van der Waals surface area contributed by atoms with Gasteiger partial charge in [0.25, 0.3) is 5.91 Å². The maximum atomic E-state index is 13.5. The molecule has 7 nitrogen and oxygen atoms in total. The quantitative estimate of drug-likeness (QED) is 0.481. The van der Waals surface area contributed by atoms with Crippen LogP contribution in [-0.2, 0) is 16.0 Å². The molecule has 0 spiro atoms. The Hall–Kier alpha value is -3.94. The first-order chi connectivity index (χ1) is 16.6. The molecular formula is C27H33FN2O5. The monoisotopic (exact) mass is 484 g/mol. The molecule has 1 aromatic heterocycles. The minimum atomic E-state index is -0.786. The number of carbonyl (C=O) groups is 2. The summed E-state index contributed by atoms with van der Waals surface area (Å²) in [6, 6.07) is 16.8. The Bertz CT molecular complexity index is 1090. The van der Waals surface area contributed by atoms with Crippen molar-refractivity contribution in [2.24, 2.45) is 5.73 Å². The lowest BCUT2D eigenvalue weighted by molar-refractivity contribution is -0.147. The maximum Gasteiger partial charge on any atom is 0.305 e. The second-order valence-electron chi connectivity index (χ2n) is 7.68. The molecule has 0 saturated carbocycles. The number of hydrogen-bond donors (Lipinski definition) is 2. The van der Waals surface area contributed by atoms with Crippen molar-refractivity contribution in [1.29, 1.82) is 0 Å². The molecule has 3 aromatic rings. The summed E-state index contributed by atoms with van der Waals surface area (Å²) in [5.74, 6) is -1.42. The minimum Gasteiger partial charge on any atom is -0.503 e. The lowest BCUT2D eigenvalue weighted by atomic mass is 10.1. The second-order valence-corrected chi connectivity index (χ2v) is 7.68. The molecule has 0 aliphatic heterocycles. The van der Waals surface area contributed by atoms with Crippen molar-refractivity contribution < 1.29 is 28.6 Å². The van der Waals surface area contributed by atoms with Crippen molar-refractivity contribution in [1.82, 2.24) is 4.98 Å². The Morgan fingerprint density at radius 1 is 1.09 bits per heavy atom. The molecule has 188 valence electrons. The number of amides is 1. The average Bonchev–Trinajstić information content (AvgIpc) is 2.82. The van der Waals surface area contributed by atoms with Crippen LogP contribution in [0, 0.1) is 19.7 Å². The zero-order valence-electron chi connectivity index (χ0n) is 20.7. The van der Waals surface area contributed by atoms with E-state index in [0.29, 0.717) is 18.4 Å². The van der Waals surface area contributed by atoms with Crippen molar-refractivity contribution >= 4 is 11.9 Å². The number of aromatic hydroxyl groups is 1. The molecule has 1 amide bonds. The molecule has 1 heterocycles. The summed E-state index contributed by atoms with van der Waals surface area (Å²) >= 11 is 0. The molecule has 0 bridgehead atoms. The number of halogens is 1. The molecule has 35 heavy (non-hydrogen) atoms.